The first-order valence-electron chi connectivity index (χ1n) is 9.19. The van der Waals surface area contributed by atoms with Crippen LogP contribution in [0.2, 0.25) is 5.02 Å². The van der Waals surface area contributed by atoms with E-state index in [1.165, 1.54) is 13.0 Å². The van der Waals surface area contributed by atoms with Crippen LogP contribution in [0.1, 0.15) is 67.3 Å². The smallest absolute Gasteiger partial charge is 0.278 e. The number of aryl methyl sites for hydroxylation is 2. The normalized spacial score (nSPS) is 12.7. The molecule has 29 heavy (non-hydrogen) atoms. The molecule has 0 amide bonds. The molecule has 160 valence electrons. The second-order valence-corrected chi connectivity index (χ2v) is 9.84. The number of hydrogen-bond donors (Lipinski definition) is 1. The van der Waals surface area contributed by atoms with Gasteiger partial charge in [-0.2, -0.15) is 13.2 Å². The molecule has 2 aromatic carbocycles. The third-order valence-electron chi connectivity index (χ3n) is 4.65. The number of hydrogen-bond acceptors (Lipinski definition) is 2. The molecule has 0 bridgehead atoms. The minimum atomic E-state index is -4.69. The molecule has 2 rings (SSSR count). The third-order valence-corrected chi connectivity index (χ3v) is 6.64. The molecule has 0 saturated carbocycles. The van der Waals surface area contributed by atoms with Gasteiger partial charge in [0.05, 0.1) is 21.2 Å². The molecule has 0 spiro atoms. The van der Waals surface area contributed by atoms with Crippen molar-refractivity contribution in [1.29, 1.82) is 0 Å². The second-order valence-electron chi connectivity index (χ2n) is 7.84. The van der Waals surface area contributed by atoms with Gasteiger partial charge >= 0.3 is 6.18 Å². The molecule has 3 nitrogen and oxygen atoms in total. The fourth-order valence-corrected chi connectivity index (χ4v) is 5.16. The number of alkyl halides is 3. The van der Waals surface area contributed by atoms with E-state index in [0.29, 0.717) is 11.1 Å². The Bertz CT molecular complexity index is 1030. The monoisotopic (exact) mass is 447 g/mol. The molecular weight excluding hydrogens is 423 g/mol. The van der Waals surface area contributed by atoms with Crippen LogP contribution in [-0.4, -0.2) is 8.42 Å². The van der Waals surface area contributed by atoms with E-state index >= 15 is 0 Å². The highest BCUT2D eigenvalue weighted by atomic mass is 35.5. The Labute approximate surface area is 175 Å². The summed E-state index contributed by atoms with van der Waals surface area (Å²) in [6.45, 7) is 10.9. The summed E-state index contributed by atoms with van der Waals surface area (Å²) in [5.41, 5.74) is 1.02. The average Bonchev–Trinajstić information content (AvgIpc) is 2.55. The summed E-state index contributed by atoms with van der Waals surface area (Å²) in [5, 5.41) is -0.672. The van der Waals surface area contributed by atoms with Gasteiger partial charge in [-0.05, 0) is 60.1 Å². The highest BCUT2D eigenvalue weighted by molar-refractivity contribution is 7.92. The summed E-state index contributed by atoms with van der Waals surface area (Å²) in [6, 6.07) is 5.82. The third kappa shape index (κ3) is 5.07. The summed E-state index contributed by atoms with van der Waals surface area (Å²) in [5.74, 6) is 0.106. The van der Waals surface area contributed by atoms with Crippen LogP contribution < -0.4 is 4.72 Å². The molecule has 0 heterocycles. The fraction of sp³-hybridized carbons (Fsp3) is 0.429. The van der Waals surface area contributed by atoms with E-state index in [2.05, 4.69) is 4.72 Å². The Balaban J connectivity index is 2.66. The first-order valence-corrected chi connectivity index (χ1v) is 11.1. The summed E-state index contributed by atoms with van der Waals surface area (Å²) in [4.78, 5) is 0.0723. The molecule has 0 aliphatic rings. The number of benzene rings is 2. The zero-order chi connectivity index (χ0) is 22.3. The van der Waals surface area contributed by atoms with E-state index in [9.17, 15) is 21.6 Å². The summed E-state index contributed by atoms with van der Waals surface area (Å²) < 4.78 is 68.5. The number of nitrogens with one attached hydrogen (secondary N) is 1. The van der Waals surface area contributed by atoms with Crippen LogP contribution in [0.3, 0.4) is 0 Å². The molecule has 0 saturated heterocycles. The van der Waals surface area contributed by atoms with E-state index in [1.807, 2.05) is 33.8 Å². The molecule has 2 aromatic rings. The van der Waals surface area contributed by atoms with Crippen LogP contribution in [0.5, 0.6) is 0 Å². The maximum absolute atomic E-state index is 13.3. The van der Waals surface area contributed by atoms with Gasteiger partial charge in [0.15, 0.2) is 0 Å². The predicted molar refractivity (Wildman–Crippen MR) is 111 cm³/mol. The first-order chi connectivity index (χ1) is 13.1. The Morgan fingerprint density at radius 1 is 0.966 bits per heavy atom. The van der Waals surface area contributed by atoms with E-state index < -0.39 is 26.8 Å². The van der Waals surface area contributed by atoms with E-state index in [1.54, 1.807) is 13.0 Å². The molecule has 8 heteroatoms. The van der Waals surface area contributed by atoms with Gasteiger partial charge in [-0.15, -0.1) is 0 Å². The SMILES string of the molecule is Cc1cc(NS(=O)(=O)c2c(C)cc(C(C)C)cc2C(C)C)c(Cl)c(C(F)(F)F)c1. The zero-order valence-electron chi connectivity index (χ0n) is 17.2. The minimum Gasteiger partial charge on any atom is -0.278 e. The topological polar surface area (TPSA) is 46.2 Å². The molecule has 0 atom stereocenters. The van der Waals surface area contributed by atoms with Crippen molar-refractivity contribution in [1.82, 2.24) is 0 Å². The number of rotatable bonds is 5. The largest absolute Gasteiger partial charge is 0.417 e. The van der Waals surface area contributed by atoms with Crippen LogP contribution in [0.25, 0.3) is 0 Å². The molecule has 0 aromatic heterocycles. The van der Waals surface area contributed by atoms with Crippen molar-refractivity contribution in [2.45, 2.75) is 64.5 Å². The molecule has 0 aliphatic heterocycles. The van der Waals surface area contributed by atoms with Gasteiger partial charge in [0, 0.05) is 0 Å². The number of anilines is 1. The van der Waals surface area contributed by atoms with Crippen molar-refractivity contribution in [3.05, 3.63) is 57.1 Å². The van der Waals surface area contributed by atoms with Crippen LogP contribution in [0.15, 0.2) is 29.2 Å². The summed E-state index contributed by atoms with van der Waals surface area (Å²) in [6.07, 6.45) is -4.69. The van der Waals surface area contributed by atoms with Crippen molar-refractivity contribution < 1.29 is 21.6 Å². The van der Waals surface area contributed by atoms with Gasteiger partial charge in [-0.25, -0.2) is 8.42 Å². The lowest BCUT2D eigenvalue weighted by Gasteiger charge is -2.21. The van der Waals surface area contributed by atoms with E-state index in [4.69, 9.17) is 11.6 Å². The maximum atomic E-state index is 13.3. The van der Waals surface area contributed by atoms with Crippen LogP contribution in [0, 0.1) is 13.8 Å². The Morgan fingerprint density at radius 3 is 2.03 bits per heavy atom. The molecular formula is C21H25ClF3NO2S. The number of sulfonamides is 1. The average molecular weight is 448 g/mol. The zero-order valence-corrected chi connectivity index (χ0v) is 18.8. The lowest BCUT2D eigenvalue weighted by Crippen LogP contribution is -2.19. The van der Waals surface area contributed by atoms with Crippen molar-refractivity contribution >= 4 is 27.3 Å². The first kappa shape index (κ1) is 23.5. The Hall–Kier alpha value is -1.73. The van der Waals surface area contributed by atoms with Gasteiger partial charge in [-0.1, -0.05) is 51.4 Å². The van der Waals surface area contributed by atoms with Crippen LogP contribution in [0.4, 0.5) is 18.9 Å². The predicted octanol–water partition coefficient (Wildman–Crippen LogP) is 7.02. The molecule has 0 radical (unpaired) electrons. The fourth-order valence-electron chi connectivity index (χ4n) is 3.20. The van der Waals surface area contributed by atoms with Crippen molar-refractivity contribution in [2.24, 2.45) is 0 Å². The van der Waals surface area contributed by atoms with Gasteiger partial charge < -0.3 is 0 Å². The Kier molecular flexibility index (Phi) is 6.65. The van der Waals surface area contributed by atoms with Crippen molar-refractivity contribution in [2.75, 3.05) is 4.72 Å². The molecule has 0 fully saturated rings. The quantitative estimate of drug-likeness (QED) is 0.535. The van der Waals surface area contributed by atoms with E-state index in [-0.39, 0.29) is 28.0 Å². The van der Waals surface area contributed by atoms with Gasteiger partial charge in [0.2, 0.25) is 0 Å². The van der Waals surface area contributed by atoms with Crippen molar-refractivity contribution in [3.8, 4) is 0 Å². The minimum absolute atomic E-state index is 0.0723. The summed E-state index contributed by atoms with van der Waals surface area (Å²) in [7, 11) is -4.17. The van der Waals surface area contributed by atoms with Crippen molar-refractivity contribution in [3.63, 3.8) is 0 Å². The lowest BCUT2D eigenvalue weighted by molar-refractivity contribution is -0.137. The highest BCUT2D eigenvalue weighted by Gasteiger charge is 2.35. The van der Waals surface area contributed by atoms with Gasteiger partial charge in [0.1, 0.15) is 0 Å². The standard InChI is InChI=1S/C21H25ClF3NO2S/c1-11(2)15-9-14(6)20(16(10-15)12(3)4)29(27,28)26-18-8-13(5)7-17(19(18)22)21(23,24)25/h7-12,26H,1-6H3. The second kappa shape index (κ2) is 8.19. The van der Waals surface area contributed by atoms with E-state index in [0.717, 1.165) is 11.6 Å². The highest BCUT2D eigenvalue weighted by Crippen LogP contribution is 2.40. The lowest BCUT2D eigenvalue weighted by atomic mass is 9.93. The molecule has 0 unspecified atom stereocenters. The van der Waals surface area contributed by atoms with Gasteiger partial charge in [-0.3, -0.25) is 4.72 Å². The molecule has 1 N–H and O–H groups in total. The van der Waals surface area contributed by atoms with Crippen LogP contribution >= 0.6 is 11.6 Å². The Morgan fingerprint density at radius 2 is 1.55 bits per heavy atom. The molecule has 0 aliphatic carbocycles. The van der Waals surface area contributed by atoms with Gasteiger partial charge in [0.25, 0.3) is 10.0 Å². The van der Waals surface area contributed by atoms with Crippen LogP contribution in [-0.2, 0) is 16.2 Å². The summed E-state index contributed by atoms with van der Waals surface area (Å²) >= 11 is 5.92. The maximum Gasteiger partial charge on any atom is 0.417 e. The number of halogens is 4.